The molecule has 0 aliphatic rings. The van der Waals surface area contributed by atoms with E-state index in [2.05, 4.69) is 26.8 Å². The molecule has 1 aromatic rings. The predicted molar refractivity (Wildman–Crippen MR) is 125 cm³/mol. The van der Waals surface area contributed by atoms with Crippen LogP contribution in [0.3, 0.4) is 0 Å². The maximum atomic E-state index is 12.4. The van der Waals surface area contributed by atoms with Crippen LogP contribution in [-0.4, -0.2) is 5.78 Å². The van der Waals surface area contributed by atoms with Gasteiger partial charge in [-0.05, 0) is 31.4 Å². The zero-order chi connectivity index (χ0) is 19.7. The molecular formula is C26H47NO. The lowest BCUT2D eigenvalue weighted by Gasteiger charge is -2.07. The van der Waals surface area contributed by atoms with E-state index in [0.29, 0.717) is 12.2 Å². The van der Waals surface area contributed by atoms with Gasteiger partial charge in [-0.2, -0.15) is 0 Å². The number of carbonyl (C=O) groups excluding carboxylic acids is 1. The Kier molecular flexibility index (Phi) is 17.2. The van der Waals surface area contributed by atoms with Crippen LogP contribution in [0.2, 0.25) is 0 Å². The van der Waals surface area contributed by atoms with Crippen molar-refractivity contribution in [1.29, 1.82) is 0 Å². The van der Waals surface area contributed by atoms with Crippen LogP contribution in [0.1, 0.15) is 131 Å². The molecule has 0 atom stereocenters. The molecule has 0 bridgehead atoms. The van der Waals surface area contributed by atoms with Crippen LogP contribution in [0.5, 0.6) is 0 Å². The number of ketones is 1. The third-order valence-electron chi connectivity index (χ3n) is 5.91. The molecule has 0 heterocycles. The third kappa shape index (κ3) is 12.3. The molecule has 2 nitrogen and oxygen atoms in total. The van der Waals surface area contributed by atoms with Crippen LogP contribution in [0, 0.1) is 13.8 Å². The van der Waals surface area contributed by atoms with Crippen molar-refractivity contribution in [3.8, 4) is 0 Å². The summed E-state index contributed by atoms with van der Waals surface area (Å²) in [5, 5.41) is 0. The molecule has 1 rings (SSSR count). The van der Waals surface area contributed by atoms with Crippen LogP contribution in [0.25, 0.3) is 0 Å². The van der Waals surface area contributed by atoms with Crippen molar-refractivity contribution in [2.45, 2.75) is 124 Å². The van der Waals surface area contributed by atoms with Crippen molar-refractivity contribution in [2.24, 2.45) is 0 Å². The Morgan fingerprint density at radius 2 is 1.11 bits per heavy atom. The Bertz CT molecular complexity index is 509. The number of unbranched alkanes of at least 4 members (excludes halogenated alkanes) is 14. The first kappa shape index (κ1) is 26.9. The Labute approximate surface area is 175 Å². The Hall–Kier alpha value is -1.15. The lowest BCUT2D eigenvalue weighted by Crippen LogP contribution is -2.02. The maximum Gasteiger partial charge on any atom is 0.163 e. The van der Waals surface area contributed by atoms with Crippen LogP contribution in [0.15, 0.2) is 18.2 Å². The molecule has 0 amide bonds. The van der Waals surface area contributed by atoms with Crippen molar-refractivity contribution < 1.29 is 4.79 Å². The summed E-state index contributed by atoms with van der Waals surface area (Å²) in [4.78, 5) is 12.4. The number of carbonyl (C=O) groups is 1. The van der Waals surface area contributed by atoms with Gasteiger partial charge in [-0.25, -0.2) is 0 Å². The molecule has 0 aromatic heterocycles. The summed E-state index contributed by atoms with van der Waals surface area (Å²) >= 11 is 0. The van der Waals surface area contributed by atoms with Crippen molar-refractivity contribution in [3.05, 3.63) is 34.9 Å². The number of benzene rings is 1. The van der Waals surface area contributed by atoms with E-state index in [9.17, 15) is 4.79 Å². The van der Waals surface area contributed by atoms with Crippen molar-refractivity contribution in [3.63, 3.8) is 0 Å². The molecule has 28 heavy (non-hydrogen) atoms. The van der Waals surface area contributed by atoms with Crippen molar-refractivity contribution >= 4 is 5.78 Å². The number of hydrogen-bond donors (Lipinski definition) is 1. The number of Topliss-reactive ketones (excluding diaryl/α,β-unsaturated/α-hetero) is 1. The van der Waals surface area contributed by atoms with Gasteiger partial charge in [0.15, 0.2) is 5.78 Å². The van der Waals surface area contributed by atoms with E-state index in [1.165, 1.54) is 95.5 Å². The molecule has 0 radical (unpaired) electrons. The fourth-order valence-corrected chi connectivity index (χ4v) is 3.84. The molecular weight excluding hydrogens is 342 g/mol. The second kappa shape index (κ2) is 17.9. The number of aryl methyl sites for hydroxylation is 1. The molecule has 0 unspecified atom stereocenters. The molecule has 0 saturated carbocycles. The first-order valence-corrected chi connectivity index (χ1v) is 11.8. The highest BCUT2D eigenvalue weighted by molar-refractivity contribution is 5.97. The van der Waals surface area contributed by atoms with Gasteiger partial charge in [0.1, 0.15) is 0 Å². The van der Waals surface area contributed by atoms with Gasteiger partial charge in [-0.1, -0.05) is 115 Å². The van der Waals surface area contributed by atoms with Crippen molar-refractivity contribution in [2.75, 3.05) is 0 Å². The normalized spacial score (nSPS) is 10.7. The standard InChI is InChI=1S/C26H44O.H3N/c1-4-5-6-7-8-9-10-11-12-13-14-15-16-17-18-22-26(27)25-21-19-20-23(2)24(25)3;/h19-21H,4-18,22H2,1-3H3;1H3. The van der Waals surface area contributed by atoms with E-state index < -0.39 is 0 Å². The topological polar surface area (TPSA) is 52.1 Å². The fraction of sp³-hybridized carbons (Fsp3) is 0.731. The summed E-state index contributed by atoms with van der Waals surface area (Å²) in [6.07, 6.45) is 21.2. The van der Waals surface area contributed by atoms with E-state index >= 15 is 0 Å². The molecule has 0 aliphatic carbocycles. The largest absolute Gasteiger partial charge is 0.344 e. The third-order valence-corrected chi connectivity index (χ3v) is 5.91. The molecule has 0 aliphatic heterocycles. The number of hydrogen-bond acceptors (Lipinski definition) is 2. The SMILES string of the molecule is CCCCCCCCCCCCCCCCCC(=O)c1cccc(C)c1C.N. The average molecular weight is 390 g/mol. The molecule has 0 fully saturated rings. The minimum Gasteiger partial charge on any atom is -0.344 e. The molecule has 2 heteroatoms. The van der Waals surface area contributed by atoms with Crippen LogP contribution >= 0.6 is 0 Å². The van der Waals surface area contributed by atoms with Gasteiger partial charge in [0.2, 0.25) is 0 Å². The summed E-state index contributed by atoms with van der Waals surface area (Å²) in [5.41, 5.74) is 3.31. The predicted octanol–water partition coefficient (Wildman–Crippen LogP) is 8.91. The van der Waals surface area contributed by atoms with E-state index in [0.717, 1.165) is 17.5 Å². The smallest absolute Gasteiger partial charge is 0.163 e. The van der Waals surface area contributed by atoms with Gasteiger partial charge in [-0.3, -0.25) is 4.79 Å². The van der Waals surface area contributed by atoms with Crippen molar-refractivity contribution in [1.82, 2.24) is 6.15 Å². The first-order valence-electron chi connectivity index (χ1n) is 11.8. The minimum atomic E-state index is 0. The Morgan fingerprint density at radius 1 is 0.679 bits per heavy atom. The van der Waals surface area contributed by atoms with Gasteiger partial charge < -0.3 is 6.15 Å². The van der Waals surface area contributed by atoms with Gasteiger partial charge in [0.25, 0.3) is 0 Å². The summed E-state index contributed by atoms with van der Waals surface area (Å²) in [6, 6.07) is 6.07. The van der Waals surface area contributed by atoms with Crippen LogP contribution in [-0.2, 0) is 0 Å². The molecule has 3 N–H and O–H groups in total. The monoisotopic (exact) mass is 389 g/mol. The molecule has 0 spiro atoms. The maximum absolute atomic E-state index is 12.4. The van der Waals surface area contributed by atoms with Gasteiger partial charge in [-0.15, -0.1) is 0 Å². The quantitative estimate of drug-likeness (QED) is 0.213. The van der Waals surface area contributed by atoms with E-state index in [4.69, 9.17) is 0 Å². The Balaban J connectivity index is 0.00000729. The van der Waals surface area contributed by atoms with E-state index in [-0.39, 0.29) is 6.15 Å². The van der Waals surface area contributed by atoms with Crippen LogP contribution < -0.4 is 6.15 Å². The lowest BCUT2D eigenvalue weighted by atomic mass is 9.97. The van der Waals surface area contributed by atoms with Crippen LogP contribution in [0.4, 0.5) is 0 Å². The highest BCUT2D eigenvalue weighted by Gasteiger charge is 2.09. The summed E-state index contributed by atoms with van der Waals surface area (Å²) in [5.74, 6) is 0.325. The summed E-state index contributed by atoms with van der Waals surface area (Å²) in [6.45, 7) is 6.43. The number of rotatable bonds is 17. The first-order chi connectivity index (χ1) is 13.2. The van der Waals surface area contributed by atoms with E-state index in [1.807, 2.05) is 12.1 Å². The highest BCUT2D eigenvalue weighted by Crippen LogP contribution is 2.17. The lowest BCUT2D eigenvalue weighted by molar-refractivity contribution is 0.0978. The zero-order valence-corrected chi connectivity index (χ0v) is 19.2. The molecule has 1 aromatic carbocycles. The van der Waals surface area contributed by atoms with Gasteiger partial charge in [0.05, 0.1) is 0 Å². The molecule has 162 valence electrons. The second-order valence-electron chi connectivity index (χ2n) is 8.37. The zero-order valence-electron chi connectivity index (χ0n) is 19.2. The Morgan fingerprint density at radius 3 is 1.57 bits per heavy atom. The summed E-state index contributed by atoms with van der Waals surface area (Å²) < 4.78 is 0. The van der Waals surface area contributed by atoms with Gasteiger partial charge >= 0.3 is 0 Å². The van der Waals surface area contributed by atoms with Gasteiger partial charge in [0, 0.05) is 12.0 Å². The minimum absolute atomic E-state index is 0. The summed E-state index contributed by atoms with van der Waals surface area (Å²) in [7, 11) is 0. The van der Waals surface area contributed by atoms with E-state index in [1.54, 1.807) is 0 Å². The second-order valence-corrected chi connectivity index (χ2v) is 8.37. The molecule has 0 saturated heterocycles. The average Bonchev–Trinajstić information content (AvgIpc) is 2.67. The highest BCUT2D eigenvalue weighted by atomic mass is 16.1. The fourth-order valence-electron chi connectivity index (χ4n) is 3.84.